The maximum Gasteiger partial charge on any atom is 3.00 e. The van der Waals surface area contributed by atoms with Crippen LogP contribution in [0, 0.1) is 18.8 Å². The Kier molecular flexibility index (Phi) is 10.0. The van der Waals surface area contributed by atoms with Crippen molar-refractivity contribution in [3.05, 3.63) is 132 Å². The van der Waals surface area contributed by atoms with Gasteiger partial charge in [0.2, 0.25) is 0 Å². The fraction of sp³-hybridized carbons (Fsp3) is 0.275. The minimum absolute atomic E-state index is 0. The standard InChI is InChI=1S/C21H23N2.C19H19N3.Ir/c1-15(2)18-11-8-12-19(16(3)4)20(18)23-14-13-22-21(23)17-9-6-5-7-10-17;1-4-22-13-21(12-20-22)17-11-7-9-15-14-8-5-6-10-16(14)19(2,3)18(15)17;/h5-9,11-16H,1-4H3;5-10,12-13H,4H2,1-3H3;/q-1;-2;+3. The van der Waals surface area contributed by atoms with Gasteiger partial charge in [-0.15, -0.1) is 53.7 Å². The Balaban J connectivity index is 0.000000177. The van der Waals surface area contributed by atoms with Gasteiger partial charge in [-0.2, -0.15) is 18.2 Å². The maximum absolute atomic E-state index is 4.60. The monoisotopic (exact) mass is 785 g/mol. The van der Waals surface area contributed by atoms with Crippen molar-refractivity contribution in [1.29, 1.82) is 0 Å². The third-order valence-electron chi connectivity index (χ3n) is 8.83. The van der Waals surface area contributed by atoms with Gasteiger partial charge < -0.3 is 14.5 Å². The number of nitrogens with zero attached hydrogens (tertiary/aromatic N) is 5. The number of imidazole rings is 1. The molecule has 6 heteroatoms. The van der Waals surface area contributed by atoms with Gasteiger partial charge in [-0.25, -0.2) is 5.10 Å². The molecule has 7 rings (SSSR count). The molecule has 0 radical (unpaired) electrons. The van der Waals surface area contributed by atoms with Crippen LogP contribution in [-0.2, 0) is 25.5 Å². The Labute approximate surface area is 288 Å². The van der Waals surface area contributed by atoms with E-state index in [9.17, 15) is 0 Å². The second-order valence-corrected chi connectivity index (χ2v) is 12.8. The number of hydrazone groups is 1. The molecule has 1 aromatic heterocycles. The smallest absolute Gasteiger partial charge is 0.483 e. The average Bonchev–Trinajstić information content (AvgIpc) is 3.79. The molecular formula is C40H42IrN5. The summed E-state index contributed by atoms with van der Waals surface area (Å²) < 4.78 is 2.22. The van der Waals surface area contributed by atoms with E-state index >= 15 is 0 Å². The third-order valence-corrected chi connectivity index (χ3v) is 8.83. The molecule has 5 nitrogen and oxygen atoms in total. The van der Waals surface area contributed by atoms with E-state index in [1.54, 1.807) is 0 Å². The molecule has 0 bridgehead atoms. The van der Waals surface area contributed by atoms with Crippen molar-refractivity contribution in [2.24, 2.45) is 5.10 Å². The molecule has 5 aromatic rings. The molecule has 1 aliphatic carbocycles. The summed E-state index contributed by atoms with van der Waals surface area (Å²) in [5.41, 5.74) is 11.4. The van der Waals surface area contributed by atoms with Crippen molar-refractivity contribution >= 4 is 12.0 Å². The van der Waals surface area contributed by atoms with Crippen LogP contribution in [0.25, 0.3) is 28.2 Å². The first kappa shape index (κ1) is 33.4. The van der Waals surface area contributed by atoms with E-state index < -0.39 is 0 Å². The number of para-hydroxylation sites is 1. The predicted octanol–water partition coefficient (Wildman–Crippen LogP) is 9.58. The van der Waals surface area contributed by atoms with E-state index in [4.69, 9.17) is 0 Å². The van der Waals surface area contributed by atoms with Gasteiger partial charge in [0, 0.05) is 24.6 Å². The first-order valence-corrected chi connectivity index (χ1v) is 15.9. The SMILES string of the molecule is CC(C)c1cccc(C(C)C)c1-n1ccnc1-c1[c-]cccc1.CCN1[CH-]N(c2[c-]ccc3c2C(C)(C)c2ccccc2-3)C=N1.[Ir+3]. The predicted molar refractivity (Wildman–Crippen MR) is 187 cm³/mol. The van der Waals surface area contributed by atoms with Gasteiger partial charge in [-0.1, -0.05) is 89.7 Å². The van der Waals surface area contributed by atoms with Crippen molar-refractivity contribution in [3.63, 3.8) is 0 Å². The maximum atomic E-state index is 4.60. The Bertz CT molecular complexity index is 1790. The molecule has 0 N–H and O–H groups in total. The Morgan fingerprint density at radius 2 is 1.54 bits per heavy atom. The van der Waals surface area contributed by atoms with Crippen LogP contribution in [0.3, 0.4) is 0 Å². The summed E-state index contributed by atoms with van der Waals surface area (Å²) in [6.07, 6.45) is 5.80. The van der Waals surface area contributed by atoms with Crippen LogP contribution in [0.15, 0.2) is 96.4 Å². The van der Waals surface area contributed by atoms with Crippen molar-refractivity contribution in [1.82, 2.24) is 14.6 Å². The zero-order valence-electron chi connectivity index (χ0n) is 27.7. The van der Waals surface area contributed by atoms with Gasteiger partial charge in [0.25, 0.3) is 0 Å². The third kappa shape index (κ3) is 6.09. The number of benzene rings is 4. The molecule has 236 valence electrons. The van der Waals surface area contributed by atoms with Gasteiger partial charge in [-0.3, -0.25) is 4.98 Å². The molecule has 0 fully saturated rings. The van der Waals surface area contributed by atoms with E-state index in [0.717, 1.165) is 23.6 Å². The molecule has 0 unspecified atom stereocenters. The molecule has 2 aliphatic rings. The summed E-state index contributed by atoms with van der Waals surface area (Å²) in [5.74, 6) is 1.86. The van der Waals surface area contributed by atoms with Crippen LogP contribution in [0.1, 0.15) is 82.6 Å². The molecule has 4 aromatic carbocycles. The van der Waals surface area contributed by atoms with E-state index in [-0.39, 0.29) is 25.5 Å². The van der Waals surface area contributed by atoms with Crippen LogP contribution in [0.2, 0.25) is 0 Å². The van der Waals surface area contributed by atoms with Crippen molar-refractivity contribution in [2.75, 3.05) is 11.4 Å². The number of anilines is 1. The normalized spacial score (nSPS) is 14.2. The first-order chi connectivity index (χ1) is 21.7. The number of hydrogen-bond donors (Lipinski definition) is 0. The molecule has 46 heavy (non-hydrogen) atoms. The zero-order chi connectivity index (χ0) is 31.7. The zero-order valence-corrected chi connectivity index (χ0v) is 30.1. The van der Waals surface area contributed by atoms with E-state index in [1.165, 1.54) is 39.1 Å². The van der Waals surface area contributed by atoms with Crippen LogP contribution in [0.4, 0.5) is 5.69 Å². The molecule has 0 amide bonds. The van der Waals surface area contributed by atoms with Crippen molar-refractivity contribution < 1.29 is 20.1 Å². The summed E-state index contributed by atoms with van der Waals surface area (Å²) in [4.78, 5) is 6.67. The quantitative estimate of drug-likeness (QED) is 0.161. The molecule has 0 saturated heterocycles. The van der Waals surface area contributed by atoms with E-state index in [2.05, 4.69) is 141 Å². The minimum atomic E-state index is -0.0274. The molecule has 2 heterocycles. The Morgan fingerprint density at radius 1 is 0.826 bits per heavy atom. The minimum Gasteiger partial charge on any atom is -0.483 e. The Morgan fingerprint density at radius 3 is 2.20 bits per heavy atom. The Hall–Kier alpha value is -3.99. The number of rotatable bonds is 6. The van der Waals surface area contributed by atoms with Crippen molar-refractivity contribution in [2.45, 2.75) is 65.7 Å². The largest absolute Gasteiger partial charge is 3.00 e. The van der Waals surface area contributed by atoms with Gasteiger partial charge in [0.1, 0.15) is 0 Å². The molecule has 0 saturated carbocycles. The molecule has 1 aliphatic heterocycles. The van der Waals surface area contributed by atoms with Crippen LogP contribution < -0.4 is 4.90 Å². The van der Waals surface area contributed by atoms with E-state index in [1.807, 2.05) is 48.5 Å². The first-order valence-electron chi connectivity index (χ1n) is 15.9. The fourth-order valence-electron chi connectivity index (χ4n) is 6.55. The number of hydrogen-bond acceptors (Lipinski definition) is 4. The average molecular weight is 785 g/mol. The van der Waals surface area contributed by atoms with Crippen molar-refractivity contribution in [3.8, 4) is 28.2 Å². The summed E-state index contributed by atoms with van der Waals surface area (Å²) in [6, 6.07) is 34.2. The van der Waals surface area contributed by atoms with Gasteiger partial charge in [-0.05, 0) is 46.4 Å². The summed E-state index contributed by atoms with van der Waals surface area (Å²) in [7, 11) is 0. The van der Waals surface area contributed by atoms with Crippen LogP contribution >= 0.6 is 0 Å². The molecular weight excluding hydrogens is 743 g/mol. The van der Waals surface area contributed by atoms with Crippen LogP contribution in [0.5, 0.6) is 0 Å². The van der Waals surface area contributed by atoms with E-state index in [0.29, 0.717) is 11.8 Å². The second kappa shape index (κ2) is 13.8. The summed E-state index contributed by atoms with van der Waals surface area (Å²) in [6.45, 7) is 18.6. The fourth-order valence-corrected chi connectivity index (χ4v) is 6.55. The topological polar surface area (TPSA) is 36.7 Å². The molecule has 0 spiro atoms. The number of aromatic nitrogens is 2. The summed E-state index contributed by atoms with van der Waals surface area (Å²) >= 11 is 0. The van der Waals surface area contributed by atoms with Gasteiger partial charge in [0.05, 0.1) is 12.2 Å². The number of fused-ring (bicyclic) bond motifs is 3. The molecule has 0 atom stereocenters. The van der Waals surface area contributed by atoms with Gasteiger partial charge >= 0.3 is 20.1 Å². The second-order valence-electron chi connectivity index (χ2n) is 12.8. The van der Waals surface area contributed by atoms with Crippen LogP contribution in [-0.4, -0.2) is 27.4 Å². The summed E-state index contributed by atoms with van der Waals surface area (Å²) in [5, 5.41) is 6.33. The van der Waals surface area contributed by atoms with Gasteiger partial charge in [0.15, 0.2) is 0 Å².